The van der Waals surface area contributed by atoms with Crippen LogP contribution >= 0.6 is 0 Å². The van der Waals surface area contributed by atoms with Crippen molar-refractivity contribution < 1.29 is 9.53 Å². The summed E-state index contributed by atoms with van der Waals surface area (Å²) in [6.45, 7) is 12.5. The molecule has 27 heavy (non-hydrogen) atoms. The van der Waals surface area contributed by atoms with Crippen molar-refractivity contribution in [3.05, 3.63) is 35.6 Å². The van der Waals surface area contributed by atoms with Gasteiger partial charge in [-0.15, -0.1) is 0 Å². The lowest BCUT2D eigenvalue weighted by molar-refractivity contribution is -0.142. The van der Waals surface area contributed by atoms with Gasteiger partial charge in [0.05, 0.1) is 13.2 Å². The van der Waals surface area contributed by atoms with Crippen LogP contribution in [0.2, 0.25) is 0 Å². The summed E-state index contributed by atoms with van der Waals surface area (Å²) >= 11 is 0. The molecular weight excluding hydrogens is 338 g/mol. The Bertz CT molecular complexity index is 657. The predicted molar refractivity (Wildman–Crippen MR) is 108 cm³/mol. The van der Waals surface area contributed by atoms with Crippen LogP contribution in [0.3, 0.4) is 0 Å². The Morgan fingerprint density at radius 1 is 1.52 bits per heavy atom. The second-order valence-corrected chi connectivity index (χ2v) is 8.19. The number of carbonyl (C=O) groups excluding carboxylic acids is 1. The number of carbonyl (C=O) groups is 1. The van der Waals surface area contributed by atoms with Crippen molar-refractivity contribution in [2.45, 2.75) is 58.5 Å². The molecule has 1 saturated heterocycles. The van der Waals surface area contributed by atoms with Crippen LogP contribution in [-0.2, 0) is 9.53 Å². The molecule has 0 aromatic carbocycles. The average Bonchev–Trinajstić information content (AvgIpc) is 3.09. The van der Waals surface area contributed by atoms with E-state index in [2.05, 4.69) is 49.7 Å². The highest BCUT2D eigenvalue weighted by molar-refractivity contribution is 5.76. The first-order chi connectivity index (χ1) is 12.8. The second-order valence-electron chi connectivity index (χ2n) is 8.19. The Hall–Kier alpha value is -2.06. The Labute approximate surface area is 163 Å². The summed E-state index contributed by atoms with van der Waals surface area (Å²) < 4.78 is 4.89. The Balaban J connectivity index is 2.07. The summed E-state index contributed by atoms with van der Waals surface area (Å²) in [7, 11) is 1.43. The molecular formula is C22H33N3O2. The van der Waals surface area contributed by atoms with E-state index in [1.807, 2.05) is 6.08 Å². The zero-order valence-electron chi connectivity index (χ0n) is 17.1. The normalized spacial score (nSPS) is 24.8. The first-order valence-electron chi connectivity index (χ1n) is 9.91. The van der Waals surface area contributed by atoms with Crippen molar-refractivity contribution in [2.24, 2.45) is 11.8 Å². The topological polar surface area (TPSA) is 65.4 Å². The summed E-state index contributed by atoms with van der Waals surface area (Å²) in [5, 5.41) is 12.5. The number of hydrogen-bond donors (Lipinski definition) is 1. The fourth-order valence-corrected chi connectivity index (χ4v) is 4.05. The van der Waals surface area contributed by atoms with E-state index in [1.54, 1.807) is 0 Å². The Morgan fingerprint density at radius 2 is 2.26 bits per heavy atom. The van der Waals surface area contributed by atoms with Gasteiger partial charge in [-0.3, -0.25) is 4.79 Å². The van der Waals surface area contributed by atoms with Gasteiger partial charge in [0, 0.05) is 30.4 Å². The number of hydrogen-bond acceptors (Lipinski definition) is 5. The maximum absolute atomic E-state index is 11.9. The third-order valence-electron chi connectivity index (χ3n) is 5.27. The maximum atomic E-state index is 11.9. The molecule has 0 aromatic heterocycles. The Kier molecular flexibility index (Phi) is 7.67. The van der Waals surface area contributed by atoms with Gasteiger partial charge in [-0.05, 0) is 49.2 Å². The average molecular weight is 372 g/mol. The lowest BCUT2D eigenvalue weighted by Crippen LogP contribution is -2.37. The van der Waals surface area contributed by atoms with E-state index in [-0.39, 0.29) is 18.1 Å². The van der Waals surface area contributed by atoms with Crippen molar-refractivity contribution in [3.8, 4) is 6.07 Å². The van der Waals surface area contributed by atoms with E-state index in [9.17, 15) is 10.1 Å². The zero-order valence-corrected chi connectivity index (χ0v) is 17.1. The molecule has 2 rings (SSSR count). The molecule has 3 atom stereocenters. The lowest BCUT2D eigenvalue weighted by Gasteiger charge is -2.34. The number of rotatable bonds is 8. The van der Waals surface area contributed by atoms with Crippen molar-refractivity contribution >= 4 is 5.97 Å². The van der Waals surface area contributed by atoms with Gasteiger partial charge in [-0.2, -0.15) is 5.26 Å². The number of allylic oxidation sites excluding steroid dienone is 4. The minimum Gasteiger partial charge on any atom is -0.468 e. The summed E-state index contributed by atoms with van der Waals surface area (Å²) in [5.41, 5.74) is 3.21. The smallest absolute Gasteiger partial charge is 0.322 e. The number of methoxy groups -OCH3 is 1. The number of ether oxygens (including phenoxy) is 1. The van der Waals surface area contributed by atoms with E-state index in [1.165, 1.54) is 12.7 Å². The van der Waals surface area contributed by atoms with Crippen LogP contribution in [0.1, 0.15) is 46.5 Å². The van der Waals surface area contributed by atoms with E-state index in [4.69, 9.17) is 4.74 Å². The molecule has 0 aromatic rings. The van der Waals surface area contributed by atoms with Crippen LogP contribution in [0.15, 0.2) is 35.6 Å². The summed E-state index contributed by atoms with van der Waals surface area (Å²) in [4.78, 5) is 14.2. The first-order valence-corrected chi connectivity index (χ1v) is 9.91. The van der Waals surface area contributed by atoms with E-state index >= 15 is 0 Å². The molecule has 1 aliphatic carbocycles. The SMILES string of the molecule is C=C(CC(C)C)N(CCC1=CC(C)CC(C#N)=C1)[C@@H]1CN[C@H](C(=O)OC)C1. The predicted octanol–water partition coefficient (Wildman–Crippen LogP) is 3.56. The molecule has 5 heteroatoms. The van der Waals surface area contributed by atoms with Gasteiger partial charge in [0.25, 0.3) is 0 Å². The third-order valence-corrected chi connectivity index (χ3v) is 5.27. The highest BCUT2D eigenvalue weighted by Crippen LogP contribution is 2.27. The number of nitrogens with zero attached hydrogens (tertiary/aromatic N) is 2. The highest BCUT2D eigenvalue weighted by atomic mass is 16.5. The van der Waals surface area contributed by atoms with Crippen molar-refractivity contribution in [1.82, 2.24) is 10.2 Å². The van der Waals surface area contributed by atoms with Crippen LogP contribution in [0.5, 0.6) is 0 Å². The second kappa shape index (κ2) is 9.75. The molecule has 0 spiro atoms. The quantitative estimate of drug-likeness (QED) is 0.661. The monoisotopic (exact) mass is 371 g/mol. The molecule has 1 unspecified atom stereocenters. The van der Waals surface area contributed by atoms with Crippen LogP contribution < -0.4 is 5.32 Å². The standard InChI is InChI=1S/C22H33N3O2/c1-15(2)8-17(4)25(20-12-21(24-14-20)22(26)27-5)7-6-18-9-16(3)10-19(11-18)13-23/h9,11,15-16,20-21,24H,4,6-8,10,12,14H2,1-3,5H3/t16?,20-,21-/m0/s1. The molecule has 1 N–H and O–H groups in total. The minimum absolute atomic E-state index is 0.197. The lowest BCUT2D eigenvalue weighted by atomic mass is 9.90. The van der Waals surface area contributed by atoms with Crippen LogP contribution in [0, 0.1) is 23.2 Å². The largest absolute Gasteiger partial charge is 0.468 e. The molecule has 1 fully saturated rings. The molecule has 0 saturated carbocycles. The van der Waals surface area contributed by atoms with Crippen molar-refractivity contribution in [3.63, 3.8) is 0 Å². The summed E-state index contributed by atoms with van der Waals surface area (Å²) in [6.07, 6.45) is 7.69. The number of esters is 1. The first kappa shape index (κ1) is 21.2. The zero-order chi connectivity index (χ0) is 20.0. The van der Waals surface area contributed by atoms with Gasteiger partial charge in [0.15, 0.2) is 0 Å². The molecule has 0 amide bonds. The summed E-state index contributed by atoms with van der Waals surface area (Å²) in [5.74, 6) is 0.742. The molecule has 0 bridgehead atoms. The fraction of sp³-hybridized carbons (Fsp3) is 0.636. The van der Waals surface area contributed by atoms with Gasteiger partial charge in [-0.25, -0.2) is 0 Å². The Morgan fingerprint density at radius 3 is 2.89 bits per heavy atom. The van der Waals surface area contributed by atoms with E-state index in [0.29, 0.717) is 11.8 Å². The molecule has 1 heterocycles. The van der Waals surface area contributed by atoms with Gasteiger partial charge in [0.1, 0.15) is 6.04 Å². The third kappa shape index (κ3) is 5.97. The number of nitriles is 1. The van der Waals surface area contributed by atoms with Gasteiger partial charge >= 0.3 is 5.97 Å². The van der Waals surface area contributed by atoms with E-state index < -0.39 is 0 Å². The molecule has 148 valence electrons. The van der Waals surface area contributed by atoms with Gasteiger partial charge in [0.2, 0.25) is 0 Å². The van der Waals surface area contributed by atoms with Crippen molar-refractivity contribution in [2.75, 3.05) is 20.2 Å². The van der Waals surface area contributed by atoms with Crippen LogP contribution in [0.4, 0.5) is 0 Å². The fourth-order valence-electron chi connectivity index (χ4n) is 4.05. The van der Waals surface area contributed by atoms with Crippen LogP contribution in [-0.4, -0.2) is 43.2 Å². The van der Waals surface area contributed by atoms with Gasteiger partial charge in [-0.1, -0.05) is 33.4 Å². The minimum atomic E-state index is -0.242. The van der Waals surface area contributed by atoms with Crippen LogP contribution in [0.25, 0.3) is 0 Å². The molecule has 5 nitrogen and oxygen atoms in total. The molecule has 0 radical (unpaired) electrons. The van der Waals surface area contributed by atoms with E-state index in [0.717, 1.165) is 50.0 Å². The molecule has 1 aliphatic heterocycles. The number of nitrogens with one attached hydrogen (secondary N) is 1. The highest BCUT2D eigenvalue weighted by Gasteiger charge is 2.34. The maximum Gasteiger partial charge on any atom is 0.322 e. The molecule has 2 aliphatic rings. The summed E-state index contributed by atoms with van der Waals surface area (Å²) in [6, 6.07) is 2.30. The van der Waals surface area contributed by atoms with Gasteiger partial charge < -0.3 is 15.0 Å². The van der Waals surface area contributed by atoms with Crippen molar-refractivity contribution in [1.29, 1.82) is 5.26 Å².